The van der Waals surface area contributed by atoms with E-state index in [0.717, 1.165) is 34.4 Å². The minimum Gasteiger partial charge on any atom is -0.358 e. The Kier molecular flexibility index (Phi) is 4.09. The van der Waals surface area contributed by atoms with Crippen LogP contribution in [0.15, 0.2) is 65.7 Å². The first-order valence-corrected chi connectivity index (χ1v) is 10.1. The molecule has 27 heavy (non-hydrogen) atoms. The van der Waals surface area contributed by atoms with E-state index < -0.39 is 0 Å². The summed E-state index contributed by atoms with van der Waals surface area (Å²) < 4.78 is 0. The summed E-state index contributed by atoms with van der Waals surface area (Å²) in [6.45, 7) is 1.45. The normalized spacial score (nSPS) is 13.9. The molecule has 0 aliphatic carbocycles. The first-order valence-electron chi connectivity index (χ1n) is 9.13. The number of fused-ring (bicyclic) bond motifs is 4. The van der Waals surface area contributed by atoms with Gasteiger partial charge < -0.3 is 9.88 Å². The summed E-state index contributed by atoms with van der Waals surface area (Å²) in [6.07, 6.45) is 0.884. The SMILES string of the molecule is O=C(CSc1ccc2ccccc2n1)N1CCc2[nH]c3ccccc3c2C1. The molecular weight excluding hydrogens is 354 g/mol. The molecule has 0 radical (unpaired) electrons. The first-order chi connectivity index (χ1) is 13.3. The lowest BCUT2D eigenvalue weighted by atomic mass is 10.0. The van der Waals surface area contributed by atoms with Crippen LogP contribution in [0.3, 0.4) is 0 Å². The van der Waals surface area contributed by atoms with Gasteiger partial charge in [0.05, 0.1) is 16.3 Å². The Hall–Kier alpha value is -2.79. The van der Waals surface area contributed by atoms with Crippen molar-refractivity contribution in [1.82, 2.24) is 14.9 Å². The maximum Gasteiger partial charge on any atom is 0.233 e. The highest BCUT2D eigenvalue weighted by molar-refractivity contribution is 7.99. The van der Waals surface area contributed by atoms with Crippen molar-refractivity contribution in [2.45, 2.75) is 18.0 Å². The molecule has 0 atom stereocenters. The summed E-state index contributed by atoms with van der Waals surface area (Å²) >= 11 is 1.51. The molecule has 1 amide bonds. The van der Waals surface area contributed by atoms with E-state index in [1.807, 2.05) is 35.2 Å². The zero-order chi connectivity index (χ0) is 18.2. The van der Waals surface area contributed by atoms with Crippen molar-refractivity contribution >= 4 is 39.5 Å². The lowest BCUT2D eigenvalue weighted by Crippen LogP contribution is -2.36. The number of pyridine rings is 1. The molecule has 2 aromatic carbocycles. The number of carbonyl (C=O) groups is 1. The van der Waals surface area contributed by atoms with E-state index in [1.54, 1.807) is 0 Å². The predicted molar refractivity (Wildman–Crippen MR) is 110 cm³/mol. The lowest BCUT2D eigenvalue weighted by Gasteiger charge is -2.27. The van der Waals surface area contributed by atoms with E-state index in [9.17, 15) is 4.79 Å². The second-order valence-corrected chi connectivity index (χ2v) is 7.82. The fraction of sp³-hybridized carbons (Fsp3) is 0.182. The van der Waals surface area contributed by atoms with Crippen molar-refractivity contribution in [3.63, 3.8) is 0 Å². The molecule has 0 saturated carbocycles. The highest BCUT2D eigenvalue weighted by Gasteiger charge is 2.23. The Morgan fingerprint density at radius 2 is 1.93 bits per heavy atom. The van der Waals surface area contributed by atoms with Crippen LogP contribution in [-0.4, -0.2) is 33.1 Å². The van der Waals surface area contributed by atoms with Crippen LogP contribution in [0.25, 0.3) is 21.8 Å². The zero-order valence-electron chi connectivity index (χ0n) is 14.8. The largest absolute Gasteiger partial charge is 0.358 e. The third kappa shape index (κ3) is 3.08. The third-order valence-electron chi connectivity index (χ3n) is 5.15. The first kappa shape index (κ1) is 16.4. The Labute approximate surface area is 161 Å². The van der Waals surface area contributed by atoms with Crippen LogP contribution < -0.4 is 0 Å². The topological polar surface area (TPSA) is 49.0 Å². The fourth-order valence-corrected chi connectivity index (χ4v) is 4.52. The van der Waals surface area contributed by atoms with Gasteiger partial charge in [-0.25, -0.2) is 4.98 Å². The molecule has 0 unspecified atom stereocenters. The average molecular weight is 373 g/mol. The molecule has 4 nitrogen and oxygen atoms in total. The van der Waals surface area contributed by atoms with Gasteiger partial charge in [-0.3, -0.25) is 4.79 Å². The lowest BCUT2D eigenvalue weighted by molar-refractivity contribution is -0.129. The number of para-hydroxylation sites is 2. The molecular formula is C22H19N3OS. The van der Waals surface area contributed by atoms with Gasteiger partial charge in [0.1, 0.15) is 0 Å². The van der Waals surface area contributed by atoms with Gasteiger partial charge in [0.15, 0.2) is 0 Å². The van der Waals surface area contributed by atoms with E-state index in [2.05, 4.69) is 40.3 Å². The number of benzene rings is 2. The van der Waals surface area contributed by atoms with Crippen molar-refractivity contribution in [2.24, 2.45) is 0 Å². The number of carbonyl (C=O) groups excluding carboxylic acids is 1. The van der Waals surface area contributed by atoms with E-state index in [-0.39, 0.29) is 5.91 Å². The van der Waals surface area contributed by atoms with Crippen LogP contribution in [0.4, 0.5) is 0 Å². The van der Waals surface area contributed by atoms with Crippen molar-refractivity contribution in [2.75, 3.05) is 12.3 Å². The van der Waals surface area contributed by atoms with Crippen LogP contribution in [0.2, 0.25) is 0 Å². The summed E-state index contributed by atoms with van der Waals surface area (Å²) in [5, 5.41) is 3.25. The van der Waals surface area contributed by atoms with Crippen LogP contribution in [-0.2, 0) is 17.8 Å². The summed E-state index contributed by atoms with van der Waals surface area (Å²) in [5.41, 5.74) is 4.66. The summed E-state index contributed by atoms with van der Waals surface area (Å²) in [7, 11) is 0. The van der Waals surface area contributed by atoms with Crippen molar-refractivity contribution in [3.05, 3.63) is 71.9 Å². The van der Waals surface area contributed by atoms with Crippen molar-refractivity contribution in [1.29, 1.82) is 0 Å². The molecule has 1 N–H and O–H groups in total. The molecule has 134 valence electrons. The molecule has 2 aromatic heterocycles. The van der Waals surface area contributed by atoms with Crippen LogP contribution in [0.1, 0.15) is 11.3 Å². The maximum absolute atomic E-state index is 12.8. The Bertz CT molecular complexity index is 1150. The number of hydrogen-bond acceptors (Lipinski definition) is 3. The minimum absolute atomic E-state index is 0.172. The Balaban J connectivity index is 1.30. The third-order valence-corrected chi connectivity index (χ3v) is 6.07. The number of rotatable bonds is 3. The molecule has 1 aliphatic heterocycles. The average Bonchev–Trinajstić information content (AvgIpc) is 3.09. The van der Waals surface area contributed by atoms with Crippen LogP contribution in [0, 0.1) is 0 Å². The molecule has 5 rings (SSSR count). The number of nitrogens with one attached hydrogen (secondary N) is 1. The minimum atomic E-state index is 0.172. The van der Waals surface area contributed by atoms with E-state index in [4.69, 9.17) is 0 Å². The highest BCUT2D eigenvalue weighted by atomic mass is 32.2. The van der Waals surface area contributed by atoms with Crippen molar-refractivity contribution < 1.29 is 4.79 Å². The van der Waals surface area contributed by atoms with E-state index in [1.165, 1.54) is 28.4 Å². The van der Waals surface area contributed by atoms with E-state index >= 15 is 0 Å². The van der Waals surface area contributed by atoms with Gasteiger partial charge >= 0.3 is 0 Å². The number of hydrogen-bond donors (Lipinski definition) is 1. The zero-order valence-corrected chi connectivity index (χ0v) is 15.6. The molecule has 1 aliphatic rings. The van der Waals surface area contributed by atoms with Crippen LogP contribution >= 0.6 is 11.8 Å². The van der Waals surface area contributed by atoms with Gasteiger partial charge in [-0.15, -0.1) is 0 Å². The number of amides is 1. The monoisotopic (exact) mass is 373 g/mol. The number of thioether (sulfide) groups is 1. The van der Waals surface area contributed by atoms with Gasteiger partial charge in [0.25, 0.3) is 0 Å². The number of nitrogens with zero attached hydrogens (tertiary/aromatic N) is 2. The molecule has 0 bridgehead atoms. The fourth-order valence-electron chi connectivity index (χ4n) is 3.73. The van der Waals surface area contributed by atoms with Gasteiger partial charge in [0.2, 0.25) is 5.91 Å². The molecule has 3 heterocycles. The summed E-state index contributed by atoms with van der Waals surface area (Å²) in [4.78, 5) is 22.9. The summed E-state index contributed by atoms with van der Waals surface area (Å²) in [6, 6.07) is 20.4. The second-order valence-electron chi connectivity index (χ2n) is 6.82. The van der Waals surface area contributed by atoms with Gasteiger partial charge in [-0.05, 0) is 18.2 Å². The number of H-pyrrole nitrogens is 1. The van der Waals surface area contributed by atoms with E-state index in [0.29, 0.717) is 12.3 Å². The Morgan fingerprint density at radius 3 is 2.89 bits per heavy atom. The highest BCUT2D eigenvalue weighted by Crippen LogP contribution is 2.28. The standard InChI is InChI=1S/C22H19N3OS/c26-22(14-27-21-10-9-15-5-1-3-7-18(15)24-21)25-12-11-20-17(13-25)16-6-2-4-8-19(16)23-20/h1-10,23H,11-14H2. The maximum atomic E-state index is 12.8. The Morgan fingerprint density at radius 1 is 1.07 bits per heavy atom. The predicted octanol–water partition coefficient (Wildman–Crippen LogP) is 4.39. The number of aromatic amines is 1. The quantitative estimate of drug-likeness (QED) is 0.542. The van der Waals surface area contributed by atoms with Crippen molar-refractivity contribution in [3.8, 4) is 0 Å². The molecule has 0 spiro atoms. The number of aromatic nitrogens is 2. The molecule has 0 saturated heterocycles. The van der Waals surface area contributed by atoms with Crippen LogP contribution in [0.5, 0.6) is 0 Å². The molecule has 4 aromatic rings. The smallest absolute Gasteiger partial charge is 0.233 e. The van der Waals surface area contributed by atoms with Gasteiger partial charge in [-0.1, -0.05) is 54.2 Å². The molecule has 5 heteroatoms. The van der Waals surface area contributed by atoms with Gasteiger partial charge in [0, 0.05) is 47.1 Å². The van der Waals surface area contributed by atoms with Gasteiger partial charge in [-0.2, -0.15) is 0 Å². The molecule has 0 fully saturated rings. The summed E-state index contributed by atoms with van der Waals surface area (Å²) in [5.74, 6) is 0.592. The second kappa shape index (κ2) is 6.74.